The van der Waals surface area contributed by atoms with Gasteiger partial charge >= 0.3 is 0 Å². The van der Waals surface area contributed by atoms with E-state index in [1.807, 2.05) is 19.1 Å². The number of aldehydes is 1. The molecule has 3 aromatic rings. The second kappa shape index (κ2) is 10.7. The summed E-state index contributed by atoms with van der Waals surface area (Å²) in [5.41, 5.74) is 8.83. The molecule has 2 N–H and O–H groups in total. The molecule has 2 heterocycles. The summed E-state index contributed by atoms with van der Waals surface area (Å²) >= 11 is 7.00. The van der Waals surface area contributed by atoms with Gasteiger partial charge in [0.2, 0.25) is 0 Å². The van der Waals surface area contributed by atoms with Gasteiger partial charge < -0.3 is 10.6 Å². The Morgan fingerprint density at radius 3 is 2.44 bits per heavy atom. The van der Waals surface area contributed by atoms with Crippen LogP contribution in [-0.2, 0) is 0 Å². The molecule has 0 unspecified atom stereocenters. The third-order valence-corrected chi connectivity index (χ3v) is 7.27. The van der Waals surface area contributed by atoms with Crippen LogP contribution in [0.15, 0.2) is 52.7 Å². The molecule has 1 aliphatic heterocycles. The monoisotopic (exact) mass is 520 g/mol. The summed E-state index contributed by atoms with van der Waals surface area (Å²) in [7, 11) is 0. The molecule has 0 saturated heterocycles. The molecule has 9 nitrogen and oxygen atoms in total. The first-order chi connectivity index (χ1) is 17.4. The first-order valence-corrected chi connectivity index (χ1v) is 12.3. The van der Waals surface area contributed by atoms with Crippen molar-refractivity contribution in [3.63, 3.8) is 0 Å². The zero-order valence-electron chi connectivity index (χ0n) is 19.3. The van der Waals surface area contributed by atoms with Crippen LogP contribution in [0.1, 0.15) is 49.3 Å². The van der Waals surface area contributed by atoms with Crippen molar-refractivity contribution >= 4 is 63.1 Å². The van der Waals surface area contributed by atoms with E-state index in [9.17, 15) is 19.6 Å². The molecule has 1 aliphatic rings. The van der Waals surface area contributed by atoms with Crippen LogP contribution in [-0.4, -0.2) is 42.6 Å². The van der Waals surface area contributed by atoms with E-state index in [1.165, 1.54) is 4.90 Å². The molecule has 0 atom stereocenters. The summed E-state index contributed by atoms with van der Waals surface area (Å²) in [6.07, 6.45) is 1.17. The van der Waals surface area contributed by atoms with Crippen LogP contribution < -0.4 is 10.6 Å². The number of nitrogens with zero attached hydrogens (tertiary/aromatic N) is 5. The molecule has 0 fully saturated rings. The van der Waals surface area contributed by atoms with Gasteiger partial charge in [-0.1, -0.05) is 23.7 Å². The van der Waals surface area contributed by atoms with Gasteiger partial charge in [-0.2, -0.15) is 5.26 Å². The number of carbonyl (C=O) groups is 3. The van der Waals surface area contributed by atoms with Gasteiger partial charge in [0.05, 0.1) is 26.7 Å². The van der Waals surface area contributed by atoms with Crippen molar-refractivity contribution in [1.29, 1.82) is 5.26 Å². The Bertz CT molecular complexity index is 1390. The third kappa shape index (κ3) is 4.71. The van der Waals surface area contributed by atoms with Crippen LogP contribution in [0, 0.1) is 11.3 Å². The molecule has 11 heteroatoms. The Balaban J connectivity index is 1.42. The standard InChI is InChI=1S/C25H21ClN6O3S/c1-2-31(10-5-11-32-24(34)16-6-3-4-7-17(16)25(32)35)15-8-9-20(19(28)12-15)29-30-23-18(13-27)22(26)21(14-33)36-23/h3-4,6-9,12,14H,2,5,10-11,28H2,1H3. The number of amides is 2. The molecule has 0 radical (unpaired) electrons. The van der Waals surface area contributed by atoms with Crippen molar-refractivity contribution in [1.82, 2.24) is 4.90 Å². The van der Waals surface area contributed by atoms with Gasteiger partial charge in [-0.05, 0) is 43.7 Å². The van der Waals surface area contributed by atoms with E-state index in [0.717, 1.165) is 17.0 Å². The predicted octanol–water partition coefficient (Wildman–Crippen LogP) is 5.60. The van der Waals surface area contributed by atoms with E-state index in [4.69, 9.17) is 17.3 Å². The number of nitriles is 1. The summed E-state index contributed by atoms with van der Waals surface area (Å²) in [4.78, 5) is 39.8. The lowest BCUT2D eigenvalue weighted by Gasteiger charge is -2.24. The van der Waals surface area contributed by atoms with E-state index < -0.39 is 0 Å². The molecule has 1 aromatic heterocycles. The molecule has 36 heavy (non-hydrogen) atoms. The van der Waals surface area contributed by atoms with E-state index in [2.05, 4.69) is 15.1 Å². The fourth-order valence-electron chi connectivity index (χ4n) is 3.92. The van der Waals surface area contributed by atoms with Crippen molar-refractivity contribution < 1.29 is 14.4 Å². The lowest BCUT2D eigenvalue weighted by molar-refractivity contribution is 0.0653. The molecule has 2 amide bonds. The highest BCUT2D eigenvalue weighted by Crippen LogP contribution is 2.39. The number of azo groups is 1. The number of hydrogen-bond acceptors (Lipinski definition) is 9. The number of imide groups is 1. The number of carbonyl (C=O) groups excluding carboxylic acids is 3. The highest BCUT2D eigenvalue weighted by molar-refractivity contribution is 7.18. The summed E-state index contributed by atoms with van der Waals surface area (Å²) in [6.45, 7) is 3.62. The number of benzene rings is 2. The highest BCUT2D eigenvalue weighted by atomic mass is 35.5. The SMILES string of the molecule is CCN(CCCN1C(=O)c2ccccc2C1=O)c1ccc(N=Nc2sc(C=O)c(Cl)c2C#N)c(N)c1. The number of halogens is 1. The average molecular weight is 521 g/mol. The first-order valence-electron chi connectivity index (χ1n) is 11.1. The Morgan fingerprint density at radius 2 is 1.86 bits per heavy atom. The lowest BCUT2D eigenvalue weighted by Crippen LogP contribution is -2.33. The van der Waals surface area contributed by atoms with Gasteiger partial charge in [0, 0.05) is 25.3 Å². The van der Waals surface area contributed by atoms with Gasteiger partial charge in [0.15, 0.2) is 11.3 Å². The van der Waals surface area contributed by atoms with E-state index in [1.54, 1.807) is 36.4 Å². The van der Waals surface area contributed by atoms with E-state index in [-0.39, 0.29) is 32.3 Å². The quantitative estimate of drug-likeness (QED) is 0.169. The molecule has 2 aromatic carbocycles. The van der Waals surface area contributed by atoms with Crippen LogP contribution in [0.3, 0.4) is 0 Å². The highest BCUT2D eigenvalue weighted by Gasteiger charge is 2.34. The average Bonchev–Trinajstić information content (AvgIpc) is 3.33. The van der Waals surface area contributed by atoms with Crippen LogP contribution in [0.25, 0.3) is 0 Å². The molecule has 0 aliphatic carbocycles. The Morgan fingerprint density at radius 1 is 1.17 bits per heavy atom. The fraction of sp³-hybridized carbons (Fsp3) is 0.200. The van der Waals surface area contributed by atoms with Crippen LogP contribution in [0.2, 0.25) is 5.02 Å². The maximum Gasteiger partial charge on any atom is 0.261 e. The second-order valence-electron chi connectivity index (χ2n) is 7.87. The van der Waals surface area contributed by atoms with E-state index in [0.29, 0.717) is 54.8 Å². The number of anilines is 2. The van der Waals surface area contributed by atoms with Crippen molar-refractivity contribution in [2.75, 3.05) is 30.3 Å². The van der Waals surface area contributed by atoms with Gasteiger partial charge in [0.25, 0.3) is 11.8 Å². The number of fused-ring (bicyclic) bond motifs is 1. The summed E-state index contributed by atoms with van der Waals surface area (Å²) < 4.78 is 0. The normalized spacial score (nSPS) is 12.8. The zero-order chi connectivity index (χ0) is 25.8. The summed E-state index contributed by atoms with van der Waals surface area (Å²) in [5, 5.41) is 17.8. The van der Waals surface area contributed by atoms with Crippen LogP contribution >= 0.6 is 22.9 Å². The van der Waals surface area contributed by atoms with Crippen LogP contribution in [0.5, 0.6) is 0 Å². The molecule has 4 rings (SSSR count). The Labute approximate surface area is 216 Å². The molecule has 0 bridgehead atoms. The number of nitrogens with two attached hydrogens (primary N) is 1. The van der Waals surface area contributed by atoms with Gasteiger partial charge in [-0.15, -0.1) is 21.6 Å². The molecular formula is C25H21ClN6O3S. The van der Waals surface area contributed by atoms with Crippen molar-refractivity contribution in [2.24, 2.45) is 10.2 Å². The van der Waals surface area contributed by atoms with Gasteiger partial charge in [-0.3, -0.25) is 19.3 Å². The molecule has 182 valence electrons. The van der Waals surface area contributed by atoms with Crippen LogP contribution in [0.4, 0.5) is 22.1 Å². The molecular weight excluding hydrogens is 500 g/mol. The van der Waals surface area contributed by atoms with Gasteiger partial charge in [0.1, 0.15) is 17.3 Å². The zero-order valence-corrected chi connectivity index (χ0v) is 20.8. The third-order valence-electron chi connectivity index (χ3n) is 5.77. The number of nitrogen functional groups attached to an aromatic ring is 1. The first kappa shape index (κ1) is 25.0. The minimum atomic E-state index is -0.260. The smallest absolute Gasteiger partial charge is 0.261 e. The summed E-state index contributed by atoms with van der Waals surface area (Å²) in [6, 6.07) is 14.1. The molecule has 0 spiro atoms. The number of hydrogen-bond donors (Lipinski definition) is 1. The predicted molar refractivity (Wildman–Crippen MR) is 139 cm³/mol. The molecule has 0 saturated carbocycles. The van der Waals surface area contributed by atoms with E-state index >= 15 is 0 Å². The van der Waals surface area contributed by atoms with Crippen molar-refractivity contribution in [3.8, 4) is 6.07 Å². The lowest BCUT2D eigenvalue weighted by atomic mass is 10.1. The topological polar surface area (TPSA) is 132 Å². The largest absolute Gasteiger partial charge is 0.397 e. The fourth-order valence-corrected chi connectivity index (χ4v) is 5.05. The number of rotatable bonds is 9. The van der Waals surface area contributed by atoms with Gasteiger partial charge in [-0.25, -0.2) is 0 Å². The minimum Gasteiger partial charge on any atom is -0.397 e. The Kier molecular flexibility index (Phi) is 7.43. The maximum absolute atomic E-state index is 12.6. The second-order valence-corrected chi connectivity index (χ2v) is 9.28. The van der Waals surface area contributed by atoms with Crippen molar-refractivity contribution in [2.45, 2.75) is 13.3 Å². The minimum absolute atomic E-state index is 0.0644. The van der Waals surface area contributed by atoms with Crippen molar-refractivity contribution in [3.05, 3.63) is 69.1 Å². The number of thiophene rings is 1. The Hall–Kier alpha value is -4.07. The summed E-state index contributed by atoms with van der Waals surface area (Å²) in [5.74, 6) is -0.520. The maximum atomic E-state index is 12.6.